The number of hydrogen-bond donors (Lipinski definition) is 1. The number of rotatable bonds is 3. The third-order valence-corrected chi connectivity index (χ3v) is 3.95. The van der Waals surface area contributed by atoms with Crippen LogP contribution < -0.4 is 0 Å². The molecule has 2 nitrogen and oxygen atoms in total. The summed E-state index contributed by atoms with van der Waals surface area (Å²) in [7, 11) is 2.20. The Morgan fingerprint density at radius 1 is 1.41 bits per heavy atom. The van der Waals surface area contributed by atoms with Crippen molar-refractivity contribution in [1.29, 1.82) is 0 Å². The Balaban J connectivity index is 2.32. The van der Waals surface area contributed by atoms with Crippen LogP contribution in [0, 0.1) is 0 Å². The van der Waals surface area contributed by atoms with Crippen LogP contribution in [0.15, 0.2) is 24.3 Å². The zero-order chi connectivity index (χ0) is 12.3. The van der Waals surface area contributed by atoms with E-state index < -0.39 is 0 Å². The number of benzene rings is 1. The summed E-state index contributed by atoms with van der Waals surface area (Å²) in [5, 5.41) is 9.68. The molecule has 1 aromatic rings. The van der Waals surface area contributed by atoms with Gasteiger partial charge in [0.1, 0.15) is 5.75 Å². The fraction of sp³-hybridized carbons (Fsp3) is 0.600. The molecule has 0 radical (unpaired) electrons. The van der Waals surface area contributed by atoms with Crippen molar-refractivity contribution in [2.75, 3.05) is 20.1 Å². The maximum absolute atomic E-state index is 9.68. The van der Waals surface area contributed by atoms with Crippen molar-refractivity contribution in [2.24, 2.45) is 0 Å². The van der Waals surface area contributed by atoms with Gasteiger partial charge < -0.3 is 10.0 Å². The van der Waals surface area contributed by atoms with Gasteiger partial charge in [0.15, 0.2) is 0 Å². The zero-order valence-corrected chi connectivity index (χ0v) is 10.9. The van der Waals surface area contributed by atoms with Crippen molar-refractivity contribution in [3.8, 4) is 5.75 Å². The number of likely N-dealkylation sites (tertiary alicyclic amines) is 1. The van der Waals surface area contributed by atoms with Crippen LogP contribution in [0.3, 0.4) is 0 Å². The van der Waals surface area contributed by atoms with Crippen LogP contribution in [-0.2, 0) is 5.41 Å². The van der Waals surface area contributed by atoms with E-state index in [4.69, 9.17) is 0 Å². The molecule has 0 aliphatic carbocycles. The first-order valence-corrected chi connectivity index (χ1v) is 6.64. The van der Waals surface area contributed by atoms with Crippen molar-refractivity contribution in [1.82, 2.24) is 4.90 Å². The summed E-state index contributed by atoms with van der Waals surface area (Å²) in [4.78, 5) is 2.42. The molecule has 2 rings (SSSR count). The highest BCUT2D eigenvalue weighted by atomic mass is 16.3. The van der Waals surface area contributed by atoms with Gasteiger partial charge >= 0.3 is 0 Å². The van der Waals surface area contributed by atoms with Gasteiger partial charge in [0.25, 0.3) is 0 Å². The number of nitrogens with zero attached hydrogens (tertiary/aromatic N) is 1. The first-order valence-electron chi connectivity index (χ1n) is 6.64. The Hall–Kier alpha value is -1.02. The Morgan fingerprint density at radius 3 is 2.88 bits per heavy atom. The predicted octanol–water partition coefficient (Wildman–Crippen LogP) is 3.16. The van der Waals surface area contributed by atoms with Crippen molar-refractivity contribution < 1.29 is 5.11 Å². The second-order valence-corrected chi connectivity index (χ2v) is 5.42. The van der Waals surface area contributed by atoms with Crippen LogP contribution in [0.5, 0.6) is 5.75 Å². The minimum absolute atomic E-state index is 0.250. The summed E-state index contributed by atoms with van der Waals surface area (Å²) in [6, 6.07) is 7.86. The van der Waals surface area contributed by atoms with E-state index in [2.05, 4.69) is 24.9 Å². The number of phenolic OH excluding ortho intramolecular Hbond substituents is 1. The van der Waals surface area contributed by atoms with Gasteiger partial charge in [-0.15, -0.1) is 0 Å². The molecule has 0 saturated carbocycles. The number of phenols is 1. The van der Waals surface area contributed by atoms with E-state index in [1.54, 1.807) is 6.07 Å². The average molecular weight is 233 g/mol. The highest BCUT2D eigenvalue weighted by Crippen LogP contribution is 2.38. The van der Waals surface area contributed by atoms with Crippen LogP contribution in [0.25, 0.3) is 0 Å². The molecule has 2 heteroatoms. The predicted molar refractivity (Wildman–Crippen MR) is 71.4 cm³/mol. The molecule has 17 heavy (non-hydrogen) atoms. The maximum atomic E-state index is 9.68. The highest BCUT2D eigenvalue weighted by Gasteiger charge is 2.35. The summed E-state index contributed by atoms with van der Waals surface area (Å²) in [5.74, 6) is 0.395. The molecule has 1 heterocycles. The van der Waals surface area contributed by atoms with Gasteiger partial charge in [-0.25, -0.2) is 0 Å². The maximum Gasteiger partial charge on any atom is 0.115 e. The van der Waals surface area contributed by atoms with Crippen LogP contribution in [-0.4, -0.2) is 30.1 Å². The third kappa shape index (κ3) is 2.63. The SMILES string of the molecule is CCCC1(c2cccc(O)c2)CCCN(C)C1. The topological polar surface area (TPSA) is 23.5 Å². The lowest BCUT2D eigenvalue weighted by molar-refractivity contribution is 0.165. The lowest BCUT2D eigenvalue weighted by Gasteiger charge is -2.42. The van der Waals surface area contributed by atoms with Gasteiger partial charge in [-0.2, -0.15) is 0 Å². The quantitative estimate of drug-likeness (QED) is 0.867. The first kappa shape index (κ1) is 12.4. The van der Waals surface area contributed by atoms with Crippen LogP contribution in [0.1, 0.15) is 38.2 Å². The molecule has 1 saturated heterocycles. The lowest BCUT2D eigenvalue weighted by Crippen LogP contribution is -2.44. The van der Waals surface area contributed by atoms with Gasteiger partial charge in [0.2, 0.25) is 0 Å². The standard InChI is InChI=1S/C15H23NO/c1-3-8-15(9-5-10-16(2)12-15)13-6-4-7-14(17)11-13/h4,6-7,11,17H,3,5,8-10,12H2,1-2H3. The third-order valence-electron chi connectivity index (χ3n) is 3.95. The molecule has 0 amide bonds. The molecule has 0 aromatic heterocycles. The smallest absolute Gasteiger partial charge is 0.115 e. The minimum atomic E-state index is 0.250. The summed E-state index contributed by atoms with van der Waals surface area (Å²) in [6.07, 6.45) is 4.91. The van der Waals surface area contributed by atoms with E-state index in [0.29, 0.717) is 5.75 Å². The summed E-state index contributed by atoms with van der Waals surface area (Å²) in [5.41, 5.74) is 1.56. The molecule has 94 valence electrons. The van der Waals surface area contributed by atoms with Crippen LogP contribution in [0.2, 0.25) is 0 Å². The Labute approximate surface area is 104 Å². The first-order chi connectivity index (χ1) is 8.16. The van der Waals surface area contributed by atoms with Gasteiger partial charge in [-0.05, 0) is 50.6 Å². The zero-order valence-electron chi connectivity index (χ0n) is 10.9. The van der Waals surface area contributed by atoms with Gasteiger partial charge in [0, 0.05) is 12.0 Å². The van der Waals surface area contributed by atoms with E-state index in [1.807, 2.05) is 12.1 Å². The summed E-state index contributed by atoms with van der Waals surface area (Å²) in [6.45, 7) is 4.56. The van der Waals surface area contributed by atoms with Crippen molar-refractivity contribution >= 4 is 0 Å². The van der Waals surface area contributed by atoms with E-state index in [9.17, 15) is 5.11 Å². The normalized spacial score (nSPS) is 26.0. The molecule has 1 N–H and O–H groups in total. The van der Waals surface area contributed by atoms with E-state index in [0.717, 1.165) is 6.54 Å². The Bertz CT molecular complexity index is 373. The van der Waals surface area contributed by atoms with E-state index >= 15 is 0 Å². The molecule has 0 spiro atoms. The summed E-state index contributed by atoms with van der Waals surface area (Å²) >= 11 is 0. The van der Waals surface area contributed by atoms with Crippen molar-refractivity contribution in [3.63, 3.8) is 0 Å². The Kier molecular flexibility index (Phi) is 3.72. The largest absolute Gasteiger partial charge is 0.508 e. The molecule has 1 aliphatic heterocycles. The fourth-order valence-electron chi connectivity index (χ4n) is 3.26. The summed E-state index contributed by atoms with van der Waals surface area (Å²) < 4.78 is 0. The van der Waals surface area contributed by atoms with Crippen LogP contribution in [0.4, 0.5) is 0 Å². The van der Waals surface area contributed by atoms with E-state index in [-0.39, 0.29) is 5.41 Å². The number of piperidine rings is 1. The van der Waals surface area contributed by atoms with Crippen LogP contribution >= 0.6 is 0 Å². The molecule has 0 bridgehead atoms. The molecule has 1 aliphatic rings. The molecule has 1 unspecified atom stereocenters. The second-order valence-electron chi connectivity index (χ2n) is 5.42. The molecule has 1 atom stereocenters. The molecule has 1 aromatic carbocycles. The van der Waals surface area contributed by atoms with E-state index in [1.165, 1.54) is 37.8 Å². The number of aromatic hydroxyl groups is 1. The van der Waals surface area contributed by atoms with Gasteiger partial charge in [-0.3, -0.25) is 0 Å². The Morgan fingerprint density at radius 2 is 2.24 bits per heavy atom. The monoisotopic (exact) mass is 233 g/mol. The fourth-order valence-corrected chi connectivity index (χ4v) is 3.26. The average Bonchev–Trinajstić information content (AvgIpc) is 2.29. The van der Waals surface area contributed by atoms with Crippen molar-refractivity contribution in [3.05, 3.63) is 29.8 Å². The lowest BCUT2D eigenvalue weighted by atomic mass is 9.71. The number of likely N-dealkylation sites (N-methyl/N-ethyl adjacent to an activating group) is 1. The highest BCUT2D eigenvalue weighted by molar-refractivity contribution is 5.34. The molecular weight excluding hydrogens is 210 g/mol. The number of hydrogen-bond acceptors (Lipinski definition) is 2. The second kappa shape index (κ2) is 5.09. The van der Waals surface area contributed by atoms with Crippen molar-refractivity contribution in [2.45, 2.75) is 38.0 Å². The molecular formula is C15H23NO. The molecule has 1 fully saturated rings. The van der Waals surface area contributed by atoms with Gasteiger partial charge in [0.05, 0.1) is 0 Å². The minimum Gasteiger partial charge on any atom is -0.508 e. The van der Waals surface area contributed by atoms with Gasteiger partial charge in [-0.1, -0.05) is 25.5 Å².